The highest BCUT2D eigenvalue weighted by atomic mass is 16.5. The number of hydrogen-bond donors (Lipinski definition) is 0. The number of esters is 2. The SMILES string of the molecule is COC(=O)C1(C)CCC=C2C1CCC(C)C2(C)CCC(C)=CCOC(=O)C=Cc1ccccc1. The van der Waals surface area contributed by atoms with Crippen LogP contribution in [0, 0.1) is 22.7 Å². The molecule has 0 radical (unpaired) electrons. The van der Waals surface area contributed by atoms with Crippen LogP contribution in [0.25, 0.3) is 6.08 Å². The van der Waals surface area contributed by atoms with E-state index in [1.165, 1.54) is 24.3 Å². The third-order valence-corrected chi connectivity index (χ3v) is 8.37. The van der Waals surface area contributed by atoms with Crippen molar-refractivity contribution >= 4 is 18.0 Å². The number of rotatable bonds is 8. The Morgan fingerprint density at radius 3 is 2.59 bits per heavy atom. The van der Waals surface area contributed by atoms with E-state index in [2.05, 4.69) is 33.8 Å². The van der Waals surface area contributed by atoms with Crippen molar-refractivity contribution in [1.82, 2.24) is 0 Å². The van der Waals surface area contributed by atoms with Crippen LogP contribution in [0.2, 0.25) is 0 Å². The molecule has 1 fully saturated rings. The average Bonchev–Trinajstić information content (AvgIpc) is 2.84. The monoisotopic (exact) mass is 464 g/mol. The van der Waals surface area contributed by atoms with E-state index in [1.54, 1.807) is 6.08 Å². The first-order valence-electron chi connectivity index (χ1n) is 12.5. The molecule has 1 saturated carbocycles. The summed E-state index contributed by atoms with van der Waals surface area (Å²) in [6, 6.07) is 9.71. The summed E-state index contributed by atoms with van der Waals surface area (Å²) in [5.41, 5.74) is 3.29. The maximum Gasteiger partial charge on any atom is 0.331 e. The maximum absolute atomic E-state index is 12.7. The first-order valence-corrected chi connectivity index (χ1v) is 12.5. The van der Waals surface area contributed by atoms with Crippen molar-refractivity contribution in [2.24, 2.45) is 22.7 Å². The Balaban J connectivity index is 1.59. The van der Waals surface area contributed by atoms with Crippen molar-refractivity contribution in [3.05, 3.63) is 65.3 Å². The molecule has 1 aromatic rings. The third-order valence-electron chi connectivity index (χ3n) is 8.37. The minimum absolute atomic E-state index is 0.0583. The highest BCUT2D eigenvalue weighted by Gasteiger charge is 2.52. The summed E-state index contributed by atoms with van der Waals surface area (Å²) in [6.07, 6.45) is 13.6. The number of allylic oxidation sites excluding steroid dienone is 3. The third kappa shape index (κ3) is 5.71. The summed E-state index contributed by atoms with van der Waals surface area (Å²) >= 11 is 0. The summed E-state index contributed by atoms with van der Waals surface area (Å²) < 4.78 is 10.6. The number of hydrogen-bond acceptors (Lipinski definition) is 4. The predicted octanol–water partition coefficient (Wildman–Crippen LogP) is 6.92. The standard InChI is InChI=1S/C30H40O4/c1-22(18-21-34-27(31)16-14-24-10-7-6-8-11-24)17-20-29(3)23(2)13-15-26-25(29)12-9-19-30(26,4)28(32)33-5/h6-8,10-12,14,16,18,23,26H,9,13,15,17,19-21H2,1-5H3. The fraction of sp³-hybridized carbons (Fsp3) is 0.533. The van der Waals surface area contributed by atoms with E-state index >= 15 is 0 Å². The lowest BCUT2D eigenvalue weighted by atomic mass is 9.51. The van der Waals surface area contributed by atoms with E-state index in [4.69, 9.17) is 9.47 Å². The van der Waals surface area contributed by atoms with Crippen LogP contribution in [0.1, 0.15) is 71.8 Å². The summed E-state index contributed by atoms with van der Waals surface area (Å²) in [4.78, 5) is 24.7. The van der Waals surface area contributed by atoms with Crippen LogP contribution in [-0.4, -0.2) is 25.7 Å². The molecule has 0 amide bonds. The minimum Gasteiger partial charge on any atom is -0.469 e. The second kappa shape index (κ2) is 11.2. The van der Waals surface area contributed by atoms with Crippen molar-refractivity contribution < 1.29 is 19.1 Å². The second-order valence-electron chi connectivity index (χ2n) is 10.5. The number of carbonyl (C=O) groups excluding carboxylic acids is 2. The predicted molar refractivity (Wildman–Crippen MR) is 137 cm³/mol. The largest absolute Gasteiger partial charge is 0.469 e. The van der Waals surface area contributed by atoms with E-state index in [1.807, 2.05) is 36.4 Å². The van der Waals surface area contributed by atoms with Gasteiger partial charge in [-0.05, 0) is 87.3 Å². The van der Waals surface area contributed by atoms with E-state index in [-0.39, 0.29) is 29.9 Å². The van der Waals surface area contributed by atoms with Gasteiger partial charge in [-0.2, -0.15) is 0 Å². The van der Waals surface area contributed by atoms with Crippen LogP contribution < -0.4 is 0 Å². The van der Waals surface area contributed by atoms with Crippen LogP contribution in [0.5, 0.6) is 0 Å². The van der Waals surface area contributed by atoms with Crippen LogP contribution in [0.4, 0.5) is 0 Å². The molecule has 4 nitrogen and oxygen atoms in total. The molecule has 0 bridgehead atoms. The van der Waals surface area contributed by atoms with Crippen molar-refractivity contribution in [3.8, 4) is 0 Å². The van der Waals surface area contributed by atoms with E-state index in [0.29, 0.717) is 5.92 Å². The number of fused-ring (bicyclic) bond motifs is 1. The maximum atomic E-state index is 12.7. The van der Waals surface area contributed by atoms with Crippen molar-refractivity contribution in [2.75, 3.05) is 13.7 Å². The van der Waals surface area contributed by atoms with Gasteiger partial charge in [0.25, 0.3) is 0 Å². The Labute approximate surface area is 205 Å². The Hall–Kier alpha value is -2.62. The van der Waals surface area contributed by atoms with Gasteiger partial charge >= 0.3 is 11.9 Å². The molecule has 184 valence electrons. The summed E-state index contributed by atoms with van der Waals surface area (Å²) in [5.74, 6) is 0.414. The molecule has 2 aliphatic rings. The highest BCUT2D eigenvalue weighted by molar-refractivity contribution is 5.87. The Kier molecular flexibility index (Phi) is 8.57. The molecule has 4 heteroatoms. The molecule has 0 spiro atoms. The molecule has 4 atom stereocenters. The van der Waals surface area contributed by atoms with Gasteiger partial charge in [0.2, 0.25) is 0 Å². The Morgan fingerprint density at radius 2 is 1.88 bits per heavy atom. The average molecular weight is 465 g/mol. The van der Waals surface area contributed by atoms with Gasteiger partial charge in [-0.3, -0.25) is 4.79 Å². The zero-order valence-electron chi connectivity index (χ0n) is 21.4. The molecule has 0 aliphatic heterocycles. The van der Waals surface area contributed by atoms with Gasteiger partial charge < -0.3 is 9.47 Å². The smallest absolute Gasteiger partial charge is 0.331 e. The lowest BCUT2D eigenvalue weighted by molar-refractivity contribution is -0.156. The number of carbonyl (C=O) groups is 2. The fourth-order valence-electron chi connectivity index (χ4n) is 5.78. The first-order chi connectivity index (χ1) is 16.2. The van der Waals surface area contributed by atoms with E-state index in [9.17, 15) is 9.59 Å². The van der Waals surface area contributed by atoms with E-state index in [0.717, 1.165) is 44.1 Å². The van der Waals surface area contributed by atoms with Gasteiger partial charge in [0.1, 0.15) is 6.61 Å². The number of benzene rings is 1. The van der Waals surface area contributed by atoms with Crippen LogP contribution >= 0.6 is 0 Å². The fourth-order valence-corrected chi connectivity index (χ4v) is 5.78. The van der Waals surface area contributed by atoms with Gasteiger partial charge in [0, 0.05) is 6.08 Å². The lowest BCUT2D eigenvalue weighted by Crippen LogP contribution is -2.47. The molecule has 2 aliphatic carbocycles. The Bertz CT molecular complexity index is 957. The summed E-state index contributed by atoms with van der Waals surface area (Å²) in [7, 11) is 1.51. The highest BCUT2D eigenvalue weighted by Crippen LogP contribution is 2.58. The molecule has 0 heterocycles. The molecular formula is C30H40O4. The van der Waals surface area contributed by atoms with Crippen LogP contribution in [0.15, 0.2) is 59.7 Å². The molecule has 0 saturated heterocycles. The number of ether oxygens (including phenoxy) is 2. The van der Waals surface area contributed by atoms with Crippen molar-refractivity contribution in [2.45, 2.75) is 66.2 Å². The van der Waals surface area contributed by atoms with E-state index < -0.39 is 5.41 Å². The first kappa shape index (κ1) is 26.0. The normalized spacial score (nSPS) is 29.3. The number of methoxy groups -OCH3 is 1. The zero-order chi connectivity index (χ0) is 24.8. The van der Waals surface area contributed by atoms with Gasteiger partial charge in [-0.15, -0.1) is 0 Å². The van der Waals surface area contributed by atoms with Gasteiger partial charge in [0.15, 0.2) is 0 Å². The molecule has 0 aromatic heterocycles. The topological polar surface area (TPSA) is 52.6 Å². The minimum atomic E-state index is -0.424. The quantitative estimate of drug-likeness (QED) is 0.238. The van der Waals surface area contributed by atoms with Gasteiger partial charge in [-0.25, -0.2) is 4.79 Å². The molecule has 0 N–H and O–H groups in total. The van der Waals surface area contributed by atoms with Crippen molar-refractivity contribution in [3.63, 3.8) is 0 Å². The van der Waals surface area contributed by atoms with Crippen LogP contribution in [0.3, 0.4) is 0 Å². The van der Waals surface area contributed by atoms with Crippen LogP contribution in [-0.2, 0) is 19.1 Å². The summed E-state index contributed by atoms with van der Waals surface area (Å²) in [6.45, 7) is 9.21. The summed E-state index contributed by atoms with van der Waals surface area (Å²) in [5, 5.41) is 0. The molecular weight excluding hydrogens is 424 g/mol. The second-order valence-corrected chi connectivity index (χ2v) is 10.5. The Morgan fingerprint density at radius 1 is 1.15 bits per heavy atom. The van der Waals surface area contributed by atoms with Gasteiger partial charge in [-0.1, -0.05) is 61.4 Å². The zero-order valence-corrected chi connectivity index (χ0v) is 21.4. The lowest BCUT2D eigenvalue weighted by Gasteiger charge is -2.53. The van der Waals surface area contributed by atoms with Crippen molar-refractivity contribution in [1.29, 1.82) is 0 Å². The van der Waals surface area contributed by atoms with Gasteiger partial charge in [0.05, 0.1) is 12.5 Å². The molecule has 1 aromatic carbocycles. The molecule has 34 heavy (non-hydrogen) atoms. The molecule has 3 rings (SSSR count). The molecule has 4 unspecified atom stereocenters.